The Kier molecular flexibility index (Phi) is 3.88. The number of carbonyl (C=O) groups excluding carboxylic acids is 1. The van der Waals surface area contributed by atoms with Gasteiger partial charge in [-0.2, -0.15) is 0 Å². The van der Waals surface area contributed by atoms with E-state index in [0.717, 1.165) is 5.56 Å². The van der Waals surface area contributed by atoms with E-state index >= 15 is 0 Å². The lowest BCUT2D eigenvalue weighted by atomic mass is 9.77. The van der Waals surface area contributed by atoms with E-state index in [9.17, 15) is 9.59 Å². The Hall–Kier alpha value is -1.84. The van der Waals surface area contributed by atoms with Crippen molar-refractivity contribution in [2.24, 2.45) is 5.92 Å². The number of carboxylic acid groups (broad SMARTS) is 1. The molecule has 0 aliphatic heterocycles. The van der Waals surface area contributed by atoms with E-state index in [4.69, 9.17) is 5.11 Å². The Labute approximate surface area is 112 Å². The molecule has 0 saturated heterocycles. The second-order valence-corrected chi connectivity index (χ2v) is 5.48. The summed E-state index contributed by atoms with van der Waals surface area (Å²) in [5.74, 6) is -1.10. The van der Waals surface area contributed by atoms with Crippen LogP contribution in [0.1, 0.15) is 37.3 Å². The van der Waals surface area contributed by atoms with Crippen LogP contribution in [0.2, 0.25) is 0 Å². The van der Waals surface area contributed by atoms with Crippen molar-refractivity contribution in [3.63, 3.8) is 0 Å². The van der Waals surface area contributed by atoms with E-state index in [-0.39, 0.29) is 17.7 Å². The van der Waals surface area contributed by atoms with Gasteiger partial charge in [0.25, 0.3) is 0 Å². The van der Waals surface area contributed by atoms with Gasteiger partial charge in [-0.3, -0.25) is 4.79 Å². The van der Waals surface area contributed by atoms with Crippen molar-refractivity contribution in [2.45, 2.75) is 38.6 Å². The SMILES string of the molecule is CC(C)C[C@@H](NC(=O)C1Cc2ccccc21)C(=O)O. The Bertz CT molecular complexity index is 496. The zero-order chi connectivity index (χ0) is 14.0. The van der Waals surface area contributed by atoms with Crippen LogP contribution < -0.4 is 5.32 Å². The standard InChI is InChI=1S/C15H19NO3/c1-9(2)7-13(15(18)19)16-14(17)12-8-10-5-3-4-6-11(10)12/h3-6,9,12-13H,7-8H2,1-2H3,(H,16,17)(H,18,19)/t12?,13-/m1/s1. The van der Waals surface area contributed by atoms with Gasteiger partial charge in [0.15, 0.2) is 0 Å². The van der Waals surface area contributed by atoms with Crippen molar-refractivity contribution in [2.75, 3.05) is 0 Å². The highest BCUT2D eigenvalue weighted by Crippen LogP contribution is 2.34. The first kappa shape index (κ1) is 13.6. The highest BCUT2D eigenvalue weighted by atomic mass is 16.4. The molecule has 0 fully saturated rings. The number of rotatable bonds is 5. The first-order valence-corrected chi connectivity index (χ1v) is 6.60. The minimum absolute atomic E-state index is 0.174. The monoisotopic (exact) mass is 261 g/mol. The van der Waals surface area contributed by atoms with Crippen LogP contribution in [-0.2, 0) is 16.0 Å². The van der Waals surface area contributed by atoms with Gasteiger partial charge in [-0.05, 0) is 29.9 Å². The number of nitrogens with one attached hydrogen (secondary N) is 1. The molecule has 19 heavy (non-hydrogen) atoms. The Balaban J connectivity index is 2.00. The first-order chi connectivity index (χ1) is 8.99. The summed E-state index contributed by atoms with van der Waals surface area (Å²) < 4.78 is 0. The molecule has 1 amide bonds. The van der Waals surface area contributed by atoms with Gasteiger partial charge >= 0.3 is 5.97 Å². The number of amides is 1. The van der Waals surface area contributed by atoms with Gasteiger partial charge in [0.2, 0.25) is 5.91 Å². The zero-order valence-corrected chi connectivity index (χ0v) is 11.2. The molecule has 0 saturated carbocycles. The van der Waals surface area contributed by atoms with Gasteiger partial charge in [0.1, 0.15) is 6.04 Å². The summed E-state index contributed by atoms with van der Waals surface area (Å²) in [4.78, 5) is 23.2. The van der Waals surface area contributed by atoms with Gasteiger partial charge in [-0.15, -0.1) is 0 Å². The van der Waals surface area contributed by atoms with Crippen molar-refractivity contribution in [3.05, 3.63) is 35.4 Å². The Morgan fingerprint density at radius 1 is 1.37 bits per heavy atom. The third-order valence-electron chi connectivity index (χ3n) is 3.49. The number of hydrogen-bond acceptors (Lipinski definition) is 2. The van der Waals surface area contributed by atoms with Crippen molar-refractivity contribution >= 4 is 11.9 Å². The lowest BCUT2D eigenvalue weighted by molar-refractivity contribution is -0.142. The number of carbonyl (C=O) groups is 2. The Morgan fingerprint density at radius 3 is 2.63 bits per heavy atom. The van der Waals surface area contributed by atoms with E-state index in [2.05, 4.69) is 5.32 Å². The zero-order valence-electron chi connectivity index (χ0n) is 11.2. The molecule has 102 valence electrons. The molecule has 0 heterocycles. The molecule has 0 aromatic heterocycles. The molecule has 0 spiro atoms. The molecule has 0 bridgehead atoms. The fraction of sp³-hybridized carbons (Fsp3) is 0.467. The molecular weight excluding hydrogens is 242 g/mol. The number of carboxylic acids is 1. The van der Waals surface area contributed by atoms with Crippen molar-refractivity contribution in [3.8, 4) is 0 Å². The predicted molar refractivity (Wildman–Crippen MR) is 71.9 cm³/mol. The third kappa shape index (κ3) is 2.95. The van der Waals surface area contributed by atoms with Gasteiger partial charge in [0.05, 0.1) is 5.92 Å². The van der Waals surface area contributed by atoms with E-state index in [1.165, 1.54) is 5.56 Å². The number of hydrogen-bond donors (Lipinski definition) is 2. The van der Waals surface area contributed by atoms with Crippen molar-refractivity contribution < 1.29 is 14.7 Å². The number of aliphatic carboxylic acids is 1. The molecule has 1 aromatic carbocycles. The largest absolute Gasteiger partial charge is 0.480 e. The molecule has 1 unspecified atom stereocenters. The summed E-state index contributed by atoms with van der Waals surface area (Å²) in [5.41, 5.74) is 2.20. The van der Waals surface area contributed by atoms with Gasteiger partial charge in [-0.25, -0.2) is 4.79 Å². The lowest BCUT2D eigenvalue weighted by Gasteiger charge is -2.30. The summed E-state index contributed by atoms with van der Waals surface area (Å²) in [7, 11) is 0. The van der Waals surface area contributed by atoms with Crippen LogP contribution in [0, 0.1) is 5.92 Å². The minimum Gasteiger partial charge on any atom is -0.480 e. The second kappa shape index (κ2) is 5.43. The van der Waals surface area contributed by atoms with Crippen molar-refractivity contribution in [1.82, 2.24) is 5.32 Å². The molecule has 1 aliphatic rings. The highest BCUT2D eigenvalue weighted by molar-refractivity contribution is 5.90. The Morgan fingerprint density at radius 2 is 2.05 bits per heavy atom. The summed E-state index contributed by atoms with van der Waals surface area (Å²) in [5, 5.41) is 11.8. The van der Waals surface area contributed by atoms with Crippen LogP contribution in [0.25, 0.3) is 0 Å². The van der Waals surface area contributed by atoms with Crippen molar-refractivity contribution in [1.29, 1.82) is 0 Å². The molecule has 1 aliphatic carbocycles. The average molecular weight is 261 g/mol. The molecular formula is C15H19NO3. The number of fused-ring (bicyclic) bond motifs is 1. The van der Waals surface area contributed by atoms with Crippen LogP contribution >= 0.6 is 0 Å². The van der Waals surface area contributed by atoms with Crippen LogP contribution in [0.3, 0.4) is 0 Å². The fourth-order valence-electron chi connectivity index (χ4n) is 2.46. The van der Waals surface area contributed by atoms with Gasteiger partial charge in [-0.1, -0.05) is 38.1 Å². The van der Waals surface area contributed by atoms with E-state index in [1.807, 2.05) is 38.1 Å². The fourth-order valence-corrected chi connectivity index (χ4v) is 2.46. The summed E-state index contributed by atoms with van der Waals surface area (Å²) in [6, 6.07) is 7.00. The quantitative estimate of drug-likeness (QED) is 0.851. The van der Waals surface area contributed by atoms with Crippen LogP contribution in [0.5, 0.6) is 0 Å². The minimum atomic E-state index is -0.963. The predicted octanol–water partition coefficient (Wildman–Crippen LogP) is 1.94. The van der Waals surface area contributed by atoms with Crippen LogP contribution in [-0.4, -0.2) is 23.0 Å². The maximum Gasteiger partial charge on any atom is 0.326 e. The summed E-state index contributed by atoms with van der Waals surface area (Å²) in [6.07, 6.45) is 1.16. The van der Waals surface area contributed by atoms with Crippen LogP contribution in [0.4, 0.5) is 0 Å². The van der Waals surface area contributed by atoms with E-state index in [1.54, 1.807) is 0 Å². The van der Waals surface area contributed by atoms with E-state index in [0.29, 0.717) is 12.8 Å². The smallest absolute Gasteiger partial charge is 0.326 e. The molecule has 4 nitrogen and oxygen atoms in total. The topological polar surface area (TPSA) is 66.4 Å². The maximum absolute atomic E-state index is 12.1. The first-order valence-electron chi connectivity index (χ1n) is 6.60. The van der Waals surface area contributed by atoms with Gasteiger partial charge < -0.3 is 10.4 Å². The molecule has 2 N–H and O–H groups in total. The molecule has 2 atom stereocenters. The highest BCUT2D eigenvalue weighted by Gasteiger charge is 2.33. The normalized spacial score (nSPS) is 18.4. The third-order valence-corrected chi connectivity index (χ3v) is 3.49. The van der Waals surface area contributed by atoms with Crippen LogP contribution in [0.15, 0.2) is 24.3 Å². The molecule has 4 heteroatoms. The number of benzene rings is 1. The maximum atomic E-state index is 12.1. The summed E-state index contributed by atoms with van der Waals surface area (Å²) in [6.45, 7) is 3.89. The lowest BCUT2D eigenvalue weighted by Crippen LogP contribution is -2.45. The van der Waals surface area contributed by atoms with Gasteiger partial charge in [0, 0.05) is 0 Å². The molecule has 0 radical (unpaired) electrons. The second-order valence-electron chi connectivity index (χ2n) is 5.48. The van der Waals surface area contributed by atoms with E-state index < -0.39 is 12.0 Å². The molecule has 2 rings (SSSR count). The average Bonchev–Trinajstić information content (AvgIpc) is 2.29. The summed E-state index contributed by atoms with van der Waals surface area (Å²) >= 11 is 0. The molecule has 1 aromatic rings.